The lowest BCUT2D eigenvalue weighted by molar-refractivity contribution is 0.489. The molecule has 0 amide bonds. The molecule has 0 bridgehead atoms. The quantitative estimate of drug-likeness (QED) is 0.798. The van der Waals surface area contributed by atoms with Gasteiger partial charge in [0.05, 0.1) is 5.69 Å². The van der Waals surface area contributed by atoms with Crippen molar-refractivity contribution in [3.63, 3.8) is 0 Å². The lowest BCUT2D eigenvalue weighted by Crippen LogP contribution is -2.23. The second kappa shape index (κ2) is 5.57. The van der Waals surface area contributed by atoms with Crippen LogP contribution in [-0.2, 0) is 0 Å². The molecule has 0 radical (unpaired) electrons. The highest BCUT2D eigenvalue weighted by Crippen LogP contribution is 2.31. The molecule has 0 saturated heterocycles. The molecule has 4 heteroatoms. The molecule has 0 aliphatic heterocycles. The van der Waals surface area contributed by atoms with Crippen molar-refractivity contribution in [2.75, 3.05) is 5.32 Å². The van der Waals surface area contributed by atoms with Gasteiger partial charge in [-0.25, -0.2) is 0 Å². The maximum Gasteiger partial charge on any atom is 0.264 e. The summed E-state index contributed by atoms with van der Waals surface area (Å²) in [6, 6.07) is 10.4. The topological polar surface area (TPSA) is 60.7 Å². The molecular formula is C16H21N3O. The second-order valence-electron chi connectivity index (χ2n) is 5.60. The Bertz CT molecular complexity index is 611. The molecule has 2 unspecified atom stereocenters. The van der Waals surface area contributed by atoms with Gasteiger partial charge in [-0.1, -0.05) is 31.9 Å². The van der Waals surface area contributed by atoms with Gasteiger partial charge in [0, 0.05) is 17.8 Å². The van der Waals surface area contributed by atoms with E-state index in [1.54, 1.807) is 6.07 Å². The van der Waals surface area contributed by atoms with Crippen molar-refractivity contribution in [1.29, 1.82) is 0 Å². The zero-order valence-corrected chi connectivity index (χ0v) is 11.8. The Morgan fingerprint density at radius 1 is 1.20 bits per heavy atom. The largest absolute Gasteiger partial charge is 0.382 e. The number of anilines is 1. The first-order chi connectivity index (χ1) is 9.76. The molecule has 1 aliphatic carbocycles. The minimum Gasteiger partial charge on any atom is -0.382 e. The van der Waals surface area contributed by atoms with Crippen molar-refractivity contribution >= 4 is 5.69 Å². The van der Waals surface area contributed by atoms with Crippen molar-refractivity contribution in [2.45, 2.75) is 38.6 Å². The summed E-state index contributed by atoms with van der Waals surface area (Å²) >= 11 is 0. The molecule has 1 aromatic carbocycles. The number of nitrogens with one attached hydrogen (secondary N) is 3. The zero-order valence-electron chi connectivity index (χ0n) is 11.8. The first-order valence-corrected chi connectivity index (χ1v) is 7.41. The minimum absolute atomic E-state index is 0.0982. The first kappa shape index (κ1) is 13.0. The summed E-state index contributed by atoms with van der Waals surface area (Å²) in [5, 5.41) is 9.08. The SMILES string of the molecule is CCC1CCCC1Nc1ccc(-c2cc(=O)[nH][nH]2)cc1. The van der Waals surface area contributed by atoms with Gasteiger partial charge in [-0.2, -0.15) is 0 Å². The molecule has 3 rings (SSSR count). The summed E-state index contributed by atoms with van der Waals surface area (Å²) in [6.45, 7) is 2.27. The van der Waals surface area contributed by atoms with Crippen molar-refractivity contribution < 1.29 is 0 Å². The van der Waals surface area contributed by atoms with Crippen LogP contribution in [0.4, 0.5) is 5.69 Å². The summed E-state index contributed by atoms with van der Waals surface area (Å²) in [7, 11) is 0. The molecule has 4 nitrogen and oxygen atoms in total. The molecule has 1 saturated carbocycles. The normalized spacial score (nSPS) is 22.1. The van der Waals surface area contributed by atoms with E-state index in [9.17, 15) is 4.79 Å². The fourth-order valence-corrected chi connectivity index (χ4v) is 3.16. The number of hydrogen-bond acceptors (Lipinski definition) is 2. The van der Waals surface area contributed by atoms with E-state index in [-0.39, 0.29) is 5.56 Å². The van der Waals surface area contributed by atoms with E-state index in [0.29, 0.717) is 6.04 Å². The number of aromatic amines is 2. The van der Waals surface area contributed by atoms with Crippen LogP contribution in [0.25, 0.3) is 11.3 Å². The smallest absolute Gasteiger partial charge is 0.264 e. The minimum atomic E-state index is -0.0982. The van der Waals surface area contributed by atoms with E-state index in [4.69, 9.17) is 0 Å². The number of hydrogen-bond donors (Lipinski definition) is 3. The van der Waals surface area contributed by atoms with Crippen LogP contribution in [0.5, 0.6) is 0 Å². The molecule has 1 fully saturated rings. The van der Waals surface area contributed by atoms with Crippen LogP contribution in [0.2, 0.25) is 0 Å². The molecule has 1 heterocycles. The van der Waals surface area contributed by atoms with Crippen LogP contribution in [-0.4, -0.2) is 16.2 Å². The van der Waals surface area contributed by atoms with Crippen LogP contribution < -0.4 is 10.9 Å². The zero-order chi connectivity index (χ0) is 13.9. The van der Waals surface area contributed by atoms with Gasteiger partial charge in [-0.3, -0.25) is 15.0 Å². The van der Waals surface area contributed by atoms with Gasteiger partial charge in [-0.05, 0) is 36.5 Å². The van der Waals surface area contributed by atoms with Crippen LogP contribution in [0, 0.1) is 5.92 Å². The Balaban J connectivity index is 1.71. The van der Waals surface area contributed by atoms with Crippen LogP contribution in [0.3, 0.4) is 0 Å². The molecule has 2 atom stereocenters. The van der Waals surface area contributed by atoms with Crippen LogP contribution in [0.1, 0.15) is 32.6 Å². The van der Waals surface area contributed by atoms with E-state index < -0.39 is 0 Å². The van der Waals surface area contributed by atoms with Gasteiger partial charge in [0.2, 0.25) is 0 Å². The molecule has 3 N–H and O–H groups in total. The Hall–Kier alpha value is -1.97. The fourth-order valence-electron chi connectivity index (χ4n) is 3.16. The standard InChI is InChI=1S/C16H21N3O/c1-2-11-4-3-5-14(11)17-13-8-6-12(7-9-13)15-10-16(20)19-18-15/h6-11,14,17H,2-5H2,1H3,(H2,18,19,20). The number of aromatic nitrogens is 2. The van der Waals surface area contributed by atoms with E-state index in [1.165, 1.54) is 25.7 Å². The number of rotatable bonds is 4. The van der Waals surface area contributed by atoms with E-state index >= 15 is 0 Å². The van der Waals surface area contributed by atoms with E-state index in [1.807, 2.05) is 12.1 Å². The molecule has 106 valence electrons. The highest BCUT2D eigenvalue weighted by molar-refractivity contribution is 5.62. The Labute approximate surface area is 118 Å². The highest BCUT2D eigenvalue weighted by Gasteiger charge is 2.25. The Kier molecular flexibility index (Phi) is 3.63. The summed E-state index contributed by atoms with van der Waals surface area (Å²) in [5.41, 5.74) is 2.91. The first-order valence-electron chi connectivity index (χ1n) is 7.41. The summed E-state index contributed by atoms with van der Waals surface area (Å²) in [4.78, 5) is 11.1. The molecular weight excluding hydrogens is 250 g/mol. The van der Waals surface area contributed by atoms with E-state index in [0.717, 1.165) is 22.9 Å². The predicted molar refractivity (Wildman–Crippen MR) is 81.9 cm³/mol. The monoisotopic (exact) mass is 271 g/mol. The second-order valence-corrected chi connectivity index (χ2v) is 5.60. The summed E-state index contributed by atoms with van der Waals surface area (Å²) in [6.07, 6.45) is 5.20. The maximum absolute atomic E-state index is 11.1. The lowest BCUT2D eigenvalue weighted by atomic mass is 10.0. The van der Waals surface area contributed by atoms with Gasteiger partial charge < -0.3 is 5.32 Å². The van der Waals surface area contributed by atoms with Gasteiger partial charge in [0.1, 0.15) is 0 Å². The van der Waals surface area contributed by atoms with Crippen molar-refractivity contribution in [3.8, 4) is 11.3 Å². The lowest BCUT2D eigenvalue weighted by Gasteiger charge is -2.21. The Morgan fingerprint density at radius 2 is 2.00 bits per heavy atom. The number of benzene rings is 1. The van der Waals surface area contributed by atoms with E-state index in [2.05, 4.69) is 34.6 Å². The fraction of sp³-hybridized carbons (Fsp3) is 0.438. The van der Waals surface area contributed by atoms with Crippen molar-refractivity contribution in [3.05, 3.63) is 40.7 Å². The van der Waals surface area contributed by atoms with Gasteiger partial charge >= 0.3 is 0 Å². The molecule has 20 heavy (non-hydrogen) atoms. The molecule has 1 aliphatic rings. The van der Waals surface area contributed by atoms with Crippen molar-refractivity contribution in [2.24, 2.45) is 5.92 Å². The Morgan fingerprint density at radius 3 is 2.65 bits per heavy atom. The van der Waals surface area contributed by atoms with Crippen LogP contribution in [0.15, 0.2) is 35.1 Å². The summed E-state index contributed by atoms with van der Waals surface area (Å²) < 4.78 is 0. The average molecular weight is 271 g/mol. The highest BCUT2D eigenvalue weighted by atomic mass is 16.1. The molecule has 1 aromatic heterocycles. The van der Waals surface area contributed by atoms with Crippen LogP contribution >= 0.6 is 0 Å². The third-order valence-electron chi connectivity index (χ3n) is 4.33. The molecule has 0 spiro atoms. The molecule has 2 aromatic rings. The third-order valence-corrected chi connectivity index (χ3v) is 4.33. The van der Waals surface area contributed by atoms with Gasteiger partial charge in [-0.15, -0.1) is 0 Å². The summed E-state index contributed by atoms with van der Waals surface area (Å²) in [5.74, 6) is 0.802. The maximum atomic E-state index is 11.1. The van der Waals surface area contributed by atoms with Crippen molar-refractivity contribution in [1.82, 2.24) is 10.2 Å². The number of H-pyrrole nitrogens is 2. The van der Waals surface area contributed by atoms with Gasteiger partial charge in [0.25, 0.3) is 5.56 Å². The third kappa shape index (κ3) is 2.64. The average Bonchev–Trinajstić information content (AvgIpc) is 3.08. The van der Waals surface area contributed by atoms with Gasteiger partial charge in [0.15, 0.2) is 0 Å². The predicted octanol–water partition coefficient (Wildman–Crippen LogP) is 3.36.